The maximum atomic E-state index is 5.94. The highest BCUT2D eigenvalue weighted by molar-refractivity contribution is 6.30. The van der Waals surface area contributed by atoms with Crippen molar-refractivity contribution in [3.05, 3.63) is 16.4 Å². The van der Waals surface area contributed by atoms with Crippen molar-refractivity contribution in [1.29, 1.82) is 0 Å². The van der Waals surface area contributed by atoms with Crippen molar-refractivity contribution in [2.75, 3.05) is 11.9 Å². The van der Waals surface area contributed by atoms with Gasteiger partial charge in [-0.15, -0.1) is 0 Å². The minimum atomic E-state index is 0.531. The van der Waals surface area contributed by atoms with Crippen molar-refractivity contribution in [3.63, 3.8) is 0 Å². The lowest BCUT2D eigenvalue weighted by molar-refractivity contribution is 0.684. The fourth-order valence-corrected chi connectivity index (χ4v) is 1.19. The van der Waals surface area contributed by atoms with E-state index in [4.69, 9.17) is 11.6 Å². The smallest absolute Gasteiger partial charge is 0.224 e. The molecule has 0 atom stereocenters. The van der Waals surface area contributed by atoms with Crippen molar-refractivity contribution in [1.82, 2.24) is 9.97 Å². The predicted molar refractivity (Wildman–Crippen MR) is 59.8 cm³/mol. The Hall–Kier alpha value is -0.830. The molecule has 0 aliphatic heterocycles. The van der Waals surface area contributed by atoms with Gasteiger partial charge in [0.2, 0.25) is 5.95 Å². The number of nitrogens with one attached hydrogen (secondary N) is 1. The molecular formula is C10H16ClN3. The number of hydrogen-bond acceptors (Lipinski definition) is 3. The average Bonchev–Trinajstić information content (AvgIpc) is 2.10. The lowest BCUT2D eigenvalue weighted by atomic mass is 10.2. The van der Waals surface area contributed by atoms with Crippen LogP contribution in [0.3, 0.4) is 0 Å². The predicted octanol–water partition coefficient (Wildman–Crippen LogP) is 2.81. The molecule has 0 fully saturated rings. The molecule has 1 aromatic heterocycles. The van der Waals surface area contributed by atoms with E-state index in [0.29, 0.717) is 17.0 Å². The summed E-state index contributed by atoms with van der Waals surface area (Å²) in [7, 11) is 0. The summed E-state index contributed by atoms with van der Waals surface area (Å²) < 4.78 is 0. The molecule has 4 heteroatoms. The third-order valence-corrected chi connectivity index (χ3v) is 2.37. The van der Waals surface area contributed by atoms with E-state index in [1.807, 2.05) is 13.8 Å². The second-order valence-electron chi connectivity index (χ2n) is 3.82. The van der Waals surface area contributed by atoms with Gasteiger partial charge in [-0.25, -0.2) is 9.97 Å². The first-order valence-corrected chi connectivity index (χ1v) is 5.13. The fourth-order valence-electron chi connectivity index (χ4n) is 0.968. The van der Waals surface area contributed by atoms with Gasteiger partial charge in [-0.05, 0) is 19.8 Å². The van der Waals surface area contributed by atoms with Crippen molar-refractivity contribution < 1.29 is 0 Å². The molecule has 0 bridgehead atoms. The third-order valence-electron chi connectivity index (χ3n) is 2.00. The summed E-state index contributed by atoms with van der Waals surface area (Å²) in [5.74, 6) is 1.19. The number of aryl methyl sites for hydroxylation is 1. The lowest BCUT2D eigenvalue weighted by Crippen LogP contribution is -2.11. The normalized spacial score (nSPS) is 10.7. The van der Waals surface area contributed by atoms with Crippen LogP contribution < -0.4 is 5.32 Å². The van der Waals surface area contributed by atoms with Gasteiger partial charge >= 0.3 is 0 Å². The highest BCUT2D eigenvalue weighted by atomic mass is 35.5. The zero-order valence-corrected chi connectivity index (χ0v) is 9.81. The largest absolute Gasteiger partial charge is 0.354 e. The van der Waals surface area contributed by atoms with Crippen LogP contribution in [0.4, 0.5) is 5.95 Å². The van der Waals surface area contributed by atoms with Crippen molar-refractivity contribution >= 4 is 17.5 Å². The van der Waals surface area contributed by atoms with Crippen molar-refractivity contribution in [2.24, 2.45) is 5.92 Å². The number of halogens is 1. The summed E-state index contributed by atoms with van der Waals surface area (Å²) in [6.45, 7) is 8.98. The van der Waals surface area contributed by atoms with Gasteiger partial charge in [0, 0.05) is 17.8 Å². The molecule has 0 spiro atoms. The maximum absolute atomic E-state index is 5.94. The summed E-state index contributed by atoms with van der Waals surface area (Å²) in [6, 6.07) is 0. The number of nitrogens with zero attached hydrogens (tertiary/aromatic N) is 2. The zero-order valence-electron chi connectivity index (χ0n) is 9.06. The second kappa shape index (κ2) is 4.60. The van der Waals surface area contributed by atoms with Gasteiger partial charge in [-0.2, -0.15) is 0 Å². The van der Waals surface area contributed by atoms with Crippen LogP contribution in [0.1, 0.15) is 25.1 Å². The third kappa shape index (κ3) is 2.84. The first kappa shape index (κ1) is 11.2. The van der Waals surface area contributed by atoms with Crippen LogP contribution >= 0.6 is 11.6 Å². The Morgan fingerprint density at radius 2 is 1.93 bits per heavy atom. The summed E-state index contributed by atoms with van der Waals surface area (Å²) in [4.78, 5) is 8.45. The molecule has 78 valence electrons. The van der Waals surface area contributed by atoms with Crippen LogP contribution in [0.25, 0.3) is 0 Å². The molecule has 0 unspecified atom stereocenters. The topological polar surface area (TPSA) is 37.8 Å². The van der Waals surface area contributed by atoms with Gasteiger partial charge in [-0.3, -0.25) is 0 Å². The van der Waals surface area contributed by atoms with Crippen molar-refractivity contribution in [3.8, 4) is 0 Å². The number of rotatable bonds is 3. The first-order chi connectivity index (χ1) is 6.50. The van der Waals surface area contributed by atoms with Gasteiger partial charge in [0.25, 0.3) is 0 Å². The van der Waals surface area contributed by atoms with Crippen LogP contribution in [-0.2, 0) is 0 Å². The highest BCUT2D eigenvalue weighted by Crippen LogP contribution is 2.16. The Kier molecular flexibility index (Phi) is 3.69. The molecule has 0 aliphatic rings. The average molecular weight is 214 g/mol. The summed E-state index contributed by atoms with van der Waals surface area (Å²) in [5, 5.41) is 3.68. The van der Waals surface area contributed by atoms with E-state index < -0.39 is 0 Å². The molecule has 0 aromatic carbocycles. The summed E-state index contributed by atoms with van der Waals surface area (Å²) >= 11 is 5.94. The Bertz CT molecular complexity index is 300. The lowest BCUT2D eigenvalue weighted by Gasteiger charge is -2.09. The fraction of sp³-hybridized carbons (Fsp3) is 0.600. The van der Waals surface area contributed by atoms with Crippen LogP contribution in [0.5, 0.6) is 0 Å². The van der Waals surface area contributed by atoms with Gasteiger partial charge in [0.05, 0.1) is 0 Å². The number of aromatic nitrogens is 2. The molecule has 3 nitrogen and oxygen atoms in total. The molecule has 0 saturated heterocycles. The minimum Gasteiger partial charge on any atom is -0.354 e. The molecule has 0 saturated carbocycles. The minimum absolute atomic E-state index is 0.531. The van der Waals surface area contributed by atoms with Crippen molar-refractivity contribution in [2.45, 2.75) is 27.7 Å². The second-order valence-corrected chi connectivity index (χ2v) is 4.18. The van der Waals surface area contributed by atoms with Gasteiger partial charge in [0.1, 0.15) is 5.15 Å². The Morgan fingerprint density at radius 1 is 1.29 bits per heavy atom. The quantitative estimate of drug-likeness (QED) is 0.785. The zero-order chi connectivity index (χ0) is 10.7. The van der Waals surface area contributed by atoms with Gasteiger partial charge in [-0.1, -0.05) is 25.4 Å². The van der Waals surface area contributed by atoms with E-state index in [2.05, 4.69) is 29.1 Å². The summed E-state index contributed by atoms with van der Waals surface area (Å²) in [6.07, 6.45) is 0. The standard InChI is InChI=1S/C10H16ClN3/c1-6(2)5-12-10-13-8(4)7(3)9(11)14-10/h6H,5H2,1-4H3,(H,12,13,14). The Balaban J connectivity index is 2.79. The molecule has 1 rings (SSSR count). The Morgan fingerprint density at radius 3 is 2.43 bits per heavy atom. The van der Waals surface area contributed by atoms with E-state index in [1.165, 1.54) is 0 Å². The molecular weight excluding hydrogens is 198 g/mol. The molecule has 14 heavy (non-hydrogen) atoms. The maximum Gasteiger partial charge on any atom is 0.224 e. The van der Waals surface area contributed by atoms with Crippen LogP contribution in [0, 0.1) is 19.8 Å². The molecule has 0 radical (unpaired) electrons. The van der Waals surface area contributed by atoms with Gasteiger partial charge in [0.15, 0.2) is 0 Å². The molecule has 1 aromatic rings. The first-order valence-electron chi connectivity index (χ1n) is 4.75. The van der Waals surface area contributed by atoms with E-state index >= 15 is 0 Å². The monoisotopic (exact) mass is 213 g/mol. The Labute approximate surface area is 89.9 Å². The summed E-state index contributed by atoms with van der Waals surface area (Å²) in [5.41, 5.74) is 1.87. The molecule has 0 amide bonds. The highest BCUT2D eigenvalue weighted by Gasteiger charge is 2.05. The molecule has 0 aliphatic carbocycles. The van der Waals surface area contributed by atoms with E-state index in [-0.39, 0.29) is 0 Å². The van der Waals surface area contributed by atoms with E-state index in [1.54, 1.807) is 0 Å². The van der Waals surface area contributed by atoms with Crippen LogP contribution in [-0.4, -0.2) is 16.5 Å². The van der Waals surface area contributed by atoms with Gasteiger partial charge < -0.3 is 5.32 Å². The number of anilines is 1. The SMILES string of the molecule is Cc1nc(NCC(C)C)nc(Cl)c1C. The number of hydrogen-bond donors (Lipinski definition) is 1. The van der Waals surface area contributed by atoms with Crippen LogP contribution in [0.15, 0.2) is 0 Å². The van der Waals surface area contributed by atoms with Crippen LogP contribution in [0.2, 0.25) is 5.15 Å². The van der Waals surface area contributed by atoms with E-state index in [9.17, 15) is 0 Å². The molecule has 1 heterocycles. The van der Waals surface area contributed by atoms with E-state index in [0.717, 1.165) is 17.8 Å². The molecule has 1 N–H and O–H groups in total.